The van der Waals surface area contributed by atoms with Crippen LogP contribution in [0.3, 0.4) is 0 Å². The van der Waals surface area contributed by atoms with Crippen LogP contribution in [-0.2, 0) is 14.1 Å². The predicted octanol–water partition coefficient (Wildman–Crippen LogP) is -0.290. The molecule has 3 aromatic rings. The number of aromatic amines is 2. The molecule has 0 aliphatic carbocycles. The van der Waals surface area contributed by atoms with E-state index in [4.69, 9.17) is 0 Å². The molecule has 0 unspecified atom stereocenters. The summed E-state index contributed by atoms with van der Waals surface area (Å²) in [7, 11) is 3.32. The fourth-order valence-electron chi connectivity index (χ4n) is 2.32. The van der Waals surface area contributed by atoms with Crippen molar-refractivity contribution in [3.8, 4) is 5.88 Å². The van der Waals surface area contributed by atoms with Crippen molar-refractivity contribution < 1.29 is 5.11 Å². The minimum Gasteiger partial charge on any atom is -0.494 e. The normalized spacial score (nSPS) is 11.6. The van der Waals surface area contributed by atoms with Crippen LogP contribution < -0.4 is 16.9 Å². The number of aliphatic imine (C=N–C) groups is 1. The number of nitrogens with one attached hydrogen (secondary N) is 2. The van der Waals surface area contributed by atoms with Crippen LogP contribution in [-0.4, -0.2) is 30.4 Å². The molecule has 0 saturated carbocycles. The quantitative estimate of drug-likeness (QED) is 0.562. The lowest BCUT2D eigenvalue weighted by molar-refractivity contribution is 0.447. The highest BCUT2D eigenvalue weighted by Gasteiger charge is 2.08. The smallest absolute Gasteiger partial charge is 0.328 e. The summed E-state index contributed by atoms with van der Waals surface area (Å²) in [5.41, 5.74) is 0.0627. The number of benzene rings is 1. The van der Waals surface area contributed by atoms with E-state index < -0.39 is 17.1 Å². The summed E-state index contributed by atoms with van der Waals surface area (Å²) >= 11 is 0. The van der Waals surface area contributed by atoms with Gasteiger partial charge in [0.2, 0.25) is 5.88 Å². The van der Waals surface area contributed by atoms with Gasteiger partial charge in [-0.2, -0.15) is 0 Å². The van der Waals surface area contributed by atoms with Gasteiger partial charge in [0.05, 0.1) is 16.7 Å². The Hall–Kier alpha value is -3.36. The average Bonchev–Trinajstić information content (AvgIpc) is 2.71. The Bertz CT molecular complexity index is 1110. The van der Waals surface area contributed by atoms with Gasteiger partial charge in [0.15, 0.2) is 0 Å². The zero-order chi connectivity index (χ0) is 16.7. The fourth-order valence-corrected chi connectivity index (χ4v) is 2.32. The molecule has 2 aromatic heterocycles. The molecule has 3 rings (SSSR count). The minimum absolute atomic E-state index is 0.157. The lowest BCUT2D eigenvalue weighted by Gasteiger charge is -1.98. The van der Waals surface area contributed by atoms with Gasteiger partial charge in [0.25, 0.3) is 5.56 Å². The molecule has 0 fully saturated rings. The second-order valence-corrected chi connectivity index (χ2v) is 5.00. The maximum absolute atomic E-state index is 11.9. The van der Waals surface area contributed by atoms with E-state index in [1.807, 2.05) is 4.98 Å². The van der Waals surface area contributed by atoms with E-state index in [0.717, 1.165) is 11.7 Å². The van der Waals surface area contributed by atoms with Crippen molar-refractivity contribution in [3.63, 3.8) is 0 Å². The lowest BCUT2D eigenvalue weighted by Crippen LogP contribution is -2.24. The molecule has 0 amide bonds. The van der Waals surface area contributed by atoms with Crippen LogP contribution in [0.5, 0.6) is 5.88 Å². The number of hydrogen-bond acceptors (Lipinski definition) is 5. The molecule has 1 aromatic carbocycles. The Balaban J connectivity index is 2.09. The predicted molar refractivity (Wildman–Crippen MR) is 84.8 cm³/mol. The second kappa shape index (κ2) is 5.13. The highest BCUT2D eigenvalue weighted by molar-refractivity contribution is 5.86. The first kappa shape index (κ1) is 14.6. The molecule has 3 N–H and O–H groups in total. The van der Waals surface area contributed by atoms with Crippen LogP contribution in [0.4, 0.5) is 5.69 Å². The zero-order valence-corrected chi connectivity index (χ0v) is 12.3. The molecule has 0 atom stereocenters. The molecule has 0 bridgehead atoms. The number of H-pyrrole nitrogens is 2. The van der Waals surface area contributed by atoms with Gasteiger partial charge in [0, 0.05) is 20.3 Å². The number of fused-ring (bicyclic) bond motifs is 1. The molecule has 0 spiro atoms. The summed E-state index contributed by atoms with van der Waals surface area (Å²) in [6, 6.07) is 5.10. The number of hydrogen-bond donors (Lipinski definition) is 3. The van der Waals surface area contributed by atoms with Gasteiger partial charge >= 0.3 is 11.4 Å². The average molecular weight is 315 g/mol. The van der Waals surface area contributed by atoms with E-state index >= 15 is 0 Å². The van der Waals surface area contributed by atoms with Gasteiger partial charge in [-0.1, -0.05) is 0 Å². The van der Waals surface area contributed by atoms with Crippen molar-refractivity contribution >= 4 is 22.9 Å². The standard InChI is InChI=1S/C14H13N5O4/c1-18-9-4-3-7(5-10(9)19(2)14(18)23)15-6-8-11(20)16-13(22)17-12(8)21/h3-6H,1-2H3,(H3,16,17,20,21,22). The summed E-state index contributed by atoms with van der Waals surface area (Å²) in [4.78, 5) is 42.7. The van der Waals surface area contributed by atoms with Crippen molar-refractivity contribution in [3.05, 3.63) is 55.1 Å². The molecule has 2 heterocycles. The summed E-state index contributed by atoms with van der Waals surface area (Å²) in [6.45, 7) is 0. The van der Waals surface area contributed by atoms with Crippen LogP contribution in [0.1, 0.15) is 5.56 Å². The molecule has 0 aliphatic heterocycles. The molecular formula is C14H13N5O4. The fraction of sp³-hybridized carbons (Fsp3) is 0.143. The Morgan fingerprint density at radius 2 is 1.78 bits per heavy atom. The summed E-state index contributed by atoms with van der Waals surface area (Å²) < 4.78 is 3.00. The number of rotatable bonds is 2. The van der Waals surface area contributed by atoms with E-state index in [1.54, 1.807) is 32.3 Å². The highest BCUT2D eigenvalue weighted by Crippen LogP contribution is 2.20. The third-order valence-electron chi connectivity index (χ3n) is 3.56. The molecule has 0 saturated heterocycles. The Kier molecular flexibility index (Phi) is 3.25. The zero-order valence-electron chi connectivity index (χ0n) is 12.3. The molecule has 0 aliphatic rings. The molecular weight excluding hydrogens is 302 g/mol. The van der Waals surface area contributed by atoms with Crippen LogP contribution >= 0.6 is 0 Å². The van der Waals surface area contributed by atoms with Gasteiger partial charge in [-0.15, -0.1) is 0 Å². The van der Waals surface area contributed by atoms with Crippen LogP contribution in [0, 0.1) is 0 Å². The summed E-state index contributed by atoms with van der Waals surface area (Å²) in [5.74, 6) is -0.560. The first-order valence-corrected chi connectivity index (χ1v) is 6.63. The molecule has 118 valence electrons. The van der Waals surface area contributed by atoms with E-state index in [1.165, 1.54) is 9.13 Å². The summed E-state index contributed by atoms with van der Waals surface area (Å²) in [5, 5.41) is 9.59. The van der Waals surface area contributed by atoms with Gasteiger partial charge in [-0.3, -0.25) is 28.9 Å². The second-order valence-electron chi connectivity index (χ2n) is 5.00. The molecule has 9 nitrogen and oxygen atoms in total. The van der Waals surface area contributed by atoms with Gasteiger partial charge in [0.1, 0.15) is 5.56 Å². The SMILES string of the molecule is Cn1c(=O)n(C)c2cc(N=Cc3c(O)[nH]c(=O)[nH]c3=O)ccc21. The maximum Gasteiger partial charge on any atom is 0.328 e. The minimum atomic E-state index is -0.801. The topological polar surface area (TPSA) is 125 Å². The largest absolute Gasteiger partial charge is 0.494 e. The third kappa shape index (κ3) is 2.37. The van der Waals surface area contributed by atoms with Gasteiger partial charge in [-0.05, 0) is 18.2 Å². The van der Waals surface area contributed by atoms with E-state index in [-0.39, 0.29) is 11.3 Å². The van der Waals surface area contributed by atoms with E-state index in [9.17, 15) is 19.5 Å². The number of aryl methyl sites for hydroxylation is 2. The monoisotopic (exact) mass is 315 g/mol. The van der Waals surface area contributed by atoms with Crippen LogP contribution in [0.2, 0.25) is 0 Å². The third-order valence-corrected chi connectivity index (χ3v) is 3.56. The van der Waals surface area contributed by atoms with Crippen molar-refractivity contribution in [2.45, 2.75) is 0 Å². The van der Waals surface area contributed by atoms with E-state index in [0.29, 0.717) is 11.2 Å². The Morgan fingerprint density at radius 3 is 2.48 bits per heavy atom. The van der Waals surface area contributed by atoms with Gasteiger partial charge in [-0.25, -0.2) is 9.59 Å². The molecule has 9 heteroatoms. The number of nitrogens with zero attached hydrogens (tertiary/aromatic N) is 3. The first-order chi connectivity index (χ1) is 10.9. The molecule has 0 radical (unpaired) electrons. The maximum atomic E-state index is 11.9. The van der Waals surface area contributed by atoms with Crippen molar-refractivity contribution in [1.29, 1.82) is 0 Å². The lowest BCUT2D eigenvalue weighted by atomic mass is 10.2. The first-order valence-electron chi connectivity index (χ1n) is 6.63. The van der Waals surface area contributed by atoms with Crippen molar-refractivity contribution in [1.82, 2.24) is 19.1 Å². The number of imidazole rings is 1. The number of aromatic nitrogens is 4. The van der Waals surface area contributed by atoms with E-state index in [2.05, 4.69) is 9.98 Å². The van der Waals surface area contributed by atoms with Crippen LogP contribution in [0.25, 0.3) is 11.0 Å². The number of aromatic hydroxyl groups is 1. The summed E-state index contributed by atoms with van der Waals surface area (Å²) in [6.07, 6.45) is 1.15. The Labute approximate surface area is 128 Å². The highest BCUT2D eigenvalue weighted by atomic mass is 16.3. The molecule has 23 heavy (non-hydrogen) atoms. The Morgan fingerprint density at radius 1 is 1.09 bits per heavy atom. The van der Waals surface area contributed by atoms with Gasteiger partial charge < -0.3 is 5.11 Å². The van der Waals surface area contributed by atoms with Crippen molar-refractivity contribution in [2.24, 2.45) is 19.1 Å². The van der Waals surface area contributed by atoms with Crippen molar-refractivity contribution in [2.75, 3.05) is 0 Å². The van der Waals surface area contributed by atoms with Crippen LogP contribution in [0.15, 0.2) is 37.6 Å².